The summed E-state index contributed by atoms with van der Waals surface area (Å²) in [4.78, 5) is 23.5. The lowest BCUT2D eigenvalue weighted by atomic mass is 10.1. The third-order valence-corrected chi connectivity index (χ3v) is 3.95. The molecule has 2 heterocycles. The molecular weight excluding hydrogens is 266 g/mol. The SMILES string of the molecule is COC(=O)c1ccc(NC(=O)CCC2CCCO2)s1. The second-order valence-electron chi connectivity index (χ2n) is 4.38. The first-order valence-corrected chi connectivity index (χ1v) is 7.10. The normalized spacial score (nSPS) is 18.3. The van der Waals surface area contributed by atoms with Gasteiger partial charge in [-0.15, -0.1) is 11.3 Å². The van der Waals surface area contributed by atoms with Gasteiger partial charge in [-0.2, -0.15) is 0 Å². The topological polar surface area (TPSA) is 64.6 Å². The molecule has 0 aromatic carbocycles. The summed E-state index contributed by atoms with van der Waals surface area (Å²) in [5, 5.41) is 3.45. The molecule has 0 radical (unpaired) electrons. The van der Waals surface area contributed by atoms with Crippen molar-refractivity contribution in [2.75, 3.05) is 19.0 Å². The molecule has 104 valence electrons. The van der Waals surface area contributed by atoms with Crippen molar-refractivity contribution in [2.24, 2.45) is 0 Å². The molecule has 1 fully saturated rings. The van der Waals surface area contributed by atoms with Crippen LogP contribution in [0.5, 0.6) is 0 Å². The van der Waals surface area contributed by atoms with Crippen LogP contribution in [0, 0.1) is 0 Å². The van der Waals surface area contributed by atoms with E-state index in [1.807, 2.05) is 0 Å². The van der Waals surface area contributed by atoms with Gasteiger partial charge in [-0.05, 0) is 31.4 Å². The van der Waals surface area contributed by atoms with Crippen LogP contribution in [0.3, 0.4) is 0 Å². The Morgan fingerprint density at radius 1 is 1.53 bits per heavy atom. The average Bonchev–Trinajstić information content (AvgIpc) is 3.06. The highest BCUT2D eigenvalue weighted by Crippen LogP contribution is 2.23. The third kappa shape index (κ3) is 4.04. The van der Waals surface area contributed by atoms with Crippen molar-refractivity contribution in [2.45, 2.75) is 31.8 Å². The highest BCUT2D eigenvalue weighted by molar-refractivity contribution is 7.18. The number of carbonyl (C=O) groups is 2. The predicted octanol–water partition coefficient (Wildman–Crippen LogP) is 2.43. The van der Waals surface area contributed by atoms with Gasteiger partial charge < -0.3 is 14.8 Å². The Morgan fingerprint density at radius 3 is 3.05 bits per heavy atom. The van der Waals surface area contributed by atoms with Crippen molar-refractivity contribution in [3.8, 4) is 0 Å². The van der Waals surface area contributed by atoms with E-state index in [2.05, 4.69) is 10.1 Å². The van der Waals surface area contributed by atoms with E-state index in [0.29, 0.717) is 16.3 Å². The summed E-state index contributed by atoms with van der Waals surface area (Å²) in [5.41, 5.74) is 0. The second kappa shape index (κ2) is 6.68. The molecule has 0 spiro atoms. The van der Waals surface area contributed by atoms with Crippen molar-refractivity contribution >= 4 is 28.2 Å². The fourth-order valence-electron chi connectivity index (χ4n) is 1.98. The van der Waals surface area contributed by atoms with Crippen LogP contribution in [0.25, 0.3) is 0 Å². The van der Waals surface area contributed by atoms with Crippen LogP contribution in [-0.4, -0.2) is 31.7 Å². The summed E-state index contributed by atoms with van der Waals surface area (Å²) < 4.78 is 10.1. The number of esters is 1. The van der Waals surface area contributed by atoms with E-state index in [-0.39, 0.29) is 18.0 Å². The van der Waals surface area contributed by atoms with E-state index in [1.54, 1.807) is 12.1 Å². The molecule has 2 rings (SSSR count). The van der Waals surface area contributed by atoms with Gasteiger partial charge in [0.15, 0.2) is 0 Å². The second-order valence-corrected chi connectivity index (χ2v) is 5.46. The molecular formula is C13H17NO4S. The Kier molecular flexibility index (Phi) is 4.93. The molecule has 0 saturated carbocycles. The molecule has 1 aliphatic heterocycles. The predicted molar refractivity (Wildman–Crippen MR) is 72.5 cm³/mol. The Balaban J connectivity index is 1.78. The van der Waals surface area contributed by atoms with E-state index in [0.717, 1.165) is 25.9 Å². The first-order valence-electron chi connectivity index (χ1n) is 6.28. The first kappa shape index (κ1) is 14.0. The molecule has 1 aliphatic rings. The van der Waals surface area contributed by atoms with Gasteiger partial charge in [0.25, 0.3) is 0 Å². The van der Waals surface area contributed by atoms with E-state index < -0.39 is 0 Å². The minimum atomic E-state index is -0.384. The molecule has 1 unspecified atom stereocenters. The average molecular weight is 283 g/mol. The highest BCUT2D eigenvalue weighted by atomic mass is 32.1. The van der Waals surface area contributed by atoms with Crippen molar-refractivity contribution in [3.63, 3.8) is 0 Å². The van der Waals surface area contributed by atoms with Gasteiger partial charge in [-0.3, -0.25) is 4.79 Å². The van der Waals surface area contributed by atoms with Crippen molar-refractivity contribution < 1.29 is 19.1 Å². The van der Waals surface area contributed by atoms with Crippen LogP contribution in [0.15, 0.2) is 12.1 Å². The lowest BCUT2D eigenvalue weighted by molar-refractivity contribution is -0.116. The number of methoxy groups -OCH3 is 1. The van der Waals surface area contributed by atoms with Crippen molar-refractivity contribution in [1.29, 1.82) is 0 Å². The summed E-state index contributed by atoms with van der Waals surface area (Å²) in [6, 6.07) is 3.35. The molecule has 5 nitrogen and oxygen atoms in total. The van der Waals surface area contributed by atoms with Crippen LogP contribution in [0.4, 0.5) is 5.00 Å². The Morgan fingerprint density at radius 2 is 2.37 bits per heavy atom. The standard InChI is InChI=1S/C13H17NO4S/c1-17-13(16)10-5-7-12(19-10)14-11(15)6-4-9-3-2-8-18-9/h5,7,9H,2-4,6,8H2,1H3,(H,14,15). The number of amides is 1. The van der Waals surface area contributed by atoms with E-state index in [4.69, 9.17) is 4.74 Å². The number of anilines is 1. The van der Waals surface area contributed by atoms with Crippen LogP contribution >= 0.6 is 11.3 Å². The molecule has 1 saturated heterocycles. The molecule has 19 heavy (non-hydrogen) atoms. The zero-order chi connectivity index (χ0) is 13.7. The first-order chi connectivity index (χ1) is 9.19. The number of ether oxygens (including phenoxy) is 2. The highest BCUT2D eigenvalue weighted by Gasteiger charge is 2.17. The van der Waals surface area contributed by atoms with Crippen LogP contribution < -0.4 is 5.32 Å². The van der Waals surface area contributed by atoms with Crippen molar-refractivity contribution in [3.05, 3.63) is 17.0 Å². The number of hydrogen-bond donors (Lipinski definition) is 1. The number of hydrogen-bond acceptors (Lipinski definition) is 5. The summed E-state index contributed by atoms with van der Waals surface area (Å²) in [5.74, 6) is -0.432. The van der Waals surface area contributed by atoms with Crippen LogP contribution in [0.1, 0.15) is 35.4 Å². The zero-order valence-corrected chi connectivity index (χ0v) is 11.6. The number of rotatable bonds is 5. The van der Waals surface area contributed by atoms with Crippen LogP contribution in [0.2, 0.25) is 0 Å². The third-order valence-electron chi connectivity index (χ3n) is 2.97. The fourth-order valence-corrected chi connectivity index (χ4v) is 2.82. The van der Waals surface area contributed by atoms with Gasteiger partial charge in [0, 0.05) is 13.0 Å². The summed E-state index contributed by atoms with van der Waals surface area (Å²) in [6.07, 6.45) is 3.54. The summed E-state index contributed by atoms with van der Waals surface area (Å²) in [7, 11) is 1.34. The van der Waals surface area contributed by atoms with Gasteiger partial charge in [0.1, 0.15) is 4.88 Å². The zero-order valence-electron chi connectivity index (χ0n) is 10.8. The molecule has 1 aromatic heterocycles. The number of nitrogens with one attached hydrogen (secondary N) is 1. The minimum absolute atomic E-state index is 0.0474. The van der Waals surface area contributed by atoms with Gasteiger partial charge >= 0.3 is 5.97 Å². The molecule has 1 aromatic rings. The van der Waals surface area contributed by atoms with Gasteiger partial charge in [-0.25, -0.2) is 4.79 Å². The van der Waals surface area contributed by atoms with E-state index in [1.165, 1.54) is 18.4 Å². The van der Waals surface area contributed by atoms with Crippen molar-refractivity contribution in [1.82, 2.24) is 0 Å². The van der Waals surface area contributed by atoms with E-state index in [9.17, 15) is 9.59 Å². The maximum atomic E-state index is 11.7. The smallest absolute Gasteiger partial charge is 0.348 e. The largest absolute Gasteiger partial charge is 0.465 e. The maximum absolute atomic E-state index is 11.7. The Hall–Kier alpha value is -1.40. The number of carbonyl (C=O) groups excluding carboxylic acids is 2. The summed E-state index contributed by atoms with van der Waals surface area (Å²) in [6.45, 7) is 0.805. The number of thiophene rings is 1. The maximum Gasteiger partial charge on any atom is 0.348 e. The molecule has 0 bridgehead atoms. The Bertz CT molecular complexity index is 451. The molecule has 1 amide bonds. The lowest BCUT2D eigenvalue weighted by Gasteiger charge is -2.08. The van der Waals surface area contributed by atoms with Gasteiger partial charge in [0.05, 0.1) is 18.2 Å². The molecule has 0 aliphatic carbocycles. The lowest BCUT2D eigenvalue weighted by Crippen LogP contribution is -2.14. The van der Waals surface area contributed by atoms with E-state index >= 15 is 0 Å². The van der Waals surface area contributed by atoms with Crippen LogP contribution in [-0.2, 0) is 14.3 Å². The van der Waals surface area contributed by atoms with Gasteiger partial charge in [0.2, 0.25) is 5.91 Å². The molecule has 6 heteroatoms. The summed E-state index contributed by atoms with van der Waals surface area (Å²) >= 11 is 1.21. The fraction of sp³-hybridized carbons (Fsp3) is 0.538. The van der Waals surface area contributed by atoms with Gasteiger partial charge in [-0.1, -0.05) is 0 Å². The quantitative estimate of drug-likeness (QED) is 0.843. The monoisotopic (exact) mass is 283 g/mol. The Labute approximate surface area is 115 Å². The molecule has 1 N–H and O–H groups in total. The molecule has 1 atom stereocenters. The minimum Gasteiger partial charge on any atom is -0.465 e.